The van der Waals surface area contributed by atoms with Gasteiger partial charge in [-0.1, -0.05) is 0 Å². The van der Waals surface area contributed by atoms with Crippen LogP contribution in [0.5, 0.6) is 0 Å². The van der Waals surface area contributed by atoms with Crippen molar-refractivity contribution < 1.29 is 32.3 Å². The highest BCUT2D eigenvalue weighted by Gasteiger charge is 2.20. The van der Waals surface area contributed by atoms with Gasteiger partial charge in [0, 0.05) is 0 Å². The average molecular weight is 201 g/mol. The summed E-state index contributed by atoms with van der Waals surface area (Å²) in [6.45, 7) is 0.993. The summed E-state index contributed by atoms with van der Waals surface area (Å²) in [5, 5.41) is 25.8. The third-order valence-corrected chi connectivity index (χ3v) is 1.64. The second kappa shape index (κ2) is 7.72. The van der Waals surface area contributed by atoms with Crippen LogP contribution < -0.4 is 18.2 Å². The molecule has 0 aromatic rings. The van der Waals surface area contributed by atoms with Gasteiger partial charge in [-0.25, -0.2) is 4.59 Å². The number of aliphatic hydroxyl groups excluding tert-OH is 3. The monoisotopic (exact) mass is 200 g/mol. The van der Waals surface area contributed by atoms with Gasteiger partial charge < -0.3 is 27.7 Å². The molecule has 0 aromatic heterocycles. The van der Waals surface area contributed by atoms with E-state index < -0.39 is 0 Å². The SMILES string of the molecule is N[N+](CCO)(CCO)CCO.[Cl-]. The Morgan fingerprint density at radius 2 is 1.08 bits per heavy atom. The van der Waals surface area contributed by atoms with Gasteiger partial charge in [0.2, 0.25) is 0 Å². The van der Waals surface area contributed by atoms with Gasteiger partial charge in [-0.05, 0) is 0 Å². The Hall–Kier alpha value is 0.0900. The Labute approximate surface area is 78.4 Å². The van der Waals surface area contributed by atoms with E-state index in [2.05, 4.69) is 0 Å². The Morgan fingerprint density at radius 3 is 1.25 bits per heavy atom. The van der Waals surface area contributed by atoms with Gasteiger partial charge in [-0.2, -0.15) is 5.84 Å². The molecule has 5 N–H and O–H groups in total. The van der Waals surface area contributed by atoms with Crippen LogP contribution in [-0.2, 0) is 0 Å². The van der Waals surface area contributed by atoms with Crippen LogP contribution in [-0.4, -0.2) is 59.4 Å². The van der Waals surface area contributed by atoms with Crippen molar-refractivity contribution in [2.45, 2.75) is 0 Å². The number of quaternary nitrogens is 1. The van der Waals surface area contributed by atoms with E-state index in [-0.39, 0.29) is 36.8 Å². The van der Waals surface area contributed by atoms with Gasteiger partial charge in [0.05, 0.1) is 19.8 Å². The first-order chi connectivity index (χ1) is 5.18. The summed E-state index contributed by atoms with van der Waals surface area (Å²) >= 11 is 0. The van der Waals surface area contributed by atoms with Crippen molar-refractivity contribution >= 4 is 0 Å². The molecule has 0 aliphatic rings. The van der Waals surface area contributed by atoms with E-state index in [1.807, 2.05) is 0 Å². The largest absolute Gasteiger partial charge is 1.00 e. The molecule has 0 fully saturated rings. The van der Waals surface area contributed by atoms with Crippen molar-refractivity contribution in [3.8, 4) is 0 Å². The quantitative estimate of drug-likeness (QED) is 0.196. The topological polar surface area (TPSA) is 86.7 Å². The lowest BCUT2D eigenvalue weighted by Crippen LogP contribution is -3.00. The van der Waals surface area contributed by atoms with Crippen molar-refractivity contribution in [2.75, 3.05) is 39.5 Å². The molecule has 5 nitrogen and oxygen atoms in total. The second-order valence-electron chi connectivity index (χ2n) is 2.56. The Bertz CT molecular complexity index is 87.8. The third-order valence-electron chi connectivity index (χ3n) is 1.64. The van der Waals surface area contributed by atoms with E-state index in [1.54, 1.807) is 0 Å². The number of aliphatic hydroxyl groups is 3. The summed E-state index contributed by atoms with van der Waals surface area (Å²) in [5.74, 6) is 5.69. The number of halogens is 1. The van der Waals surface area contributed by atoms with Gasteiger partial charge in [0.25, 0.3) is 0 Å². The zero-order valence-corrected chi connectivity index (χ0v) is 7.74. The van der Waals surface area contributed by atoms with Crippen molar-refractivity contribution in [1.29, 1.82) is 0 Å². The molecular formula is C6H17ClN2O3. The zero-order valence-electron chi connectivity index (χ0n) is 6.99. The fourth-order valence-electron chi connectivity index (χ4n) is 0.933. The van der Waals surface area contributed by atoms with Crippen LogP contribution in [0.25, 0.3) is 0 Å². The summed E-state index contributed by atoms with van der Waals surface area (Å²) in [6, 6.07) is 0. The second-order valence-corrected chi connectivity index (χ2v) is 2.56. The molecule has 0 bridgehead atoms. The molecule has 0 radical (unpaired) electrons. The van der Waals surface area contributed by atoms with Crippen molar-refractivity contribution in [3.63, 3.8) is 0 Å². The molecule has 0 rings (SSSR count). The molecule has 0 saturated heterocycles. The number of hydrogen-bond donors (Lipinski definition) is 4. The van der Waals surface area contributed by atoms with Crippen LogP contribution >= 0.6 is 0 Å². The van der Waals surface area contributed by atoms with E-state index in [0.717, 1.165) is 0 Å². The predicted octanol–water partition coefficient (Wildman–Crippen LogP) is -5.34. The van der Waals surface area contributed by atoms with Crippen LogP contribution in [0, 0.1) is 0 Å². The van der Waals surface area contributed by atoms with Crippen LogP contribution in [0.4, 0.5) is 0 Å². The minimum Gasteiger partial charge on any atom is -1.00 e. The zero-order chi connectivity index (χ0) is 8.74. The lowest BCUT2D eigenvalue weighted by molar-refractivity contribution is -0.940. The van der Waals surface area contributed by atoms with Crippen LogP contribution in [0.1, 0.15) is 0 Å². The van der Waals surface area contributed by atoms with Crippen molar-refractivity contribution in [1.82, 2.24) is 0 Å². The summed E-state index contributed by atoms with van der Waals surface area (Å²) < 4.78 is 0.0312. The van der Waals surface area contributed by atoms with Gasteiger partial charge in [-0.3, -0.25) is 0 Å². The van der Waals surface area contributed by atoms with E-state index in [1.165, 1.54) is 0 Å². The Morgan fingerprint density at radius 1 is 0.833 bits per heavy atom. The molecule has 0 atom stereocenters. The number of rotatable bonds is 6. The number of nitrogens with two attached hydrogens (primary N) is 1. The van der Waals surface area contributed by atoms with E-state index in [0.29, 0.717) is 19.6 Å². The first-order valence-electron chi connectivity index (χ1n) is 3.66. The fraction of sp³-hybridized carbons (Fsp3) is 1.00. The Kier molecular flexibility index (Phi) is 9.40. The van der Waals surface area contributed by atoms with Crippen molar-refractivity contribution in [2.24, 2.45) is 5.84 Å². The molecule has 0 saturated carbocycles. The van der Waals surface area contributed by atoms with Gasteiger partial charge >= 0.3 is 0 Å². The van der Waals surface area contributed by atoms with Crippen LogP contribution in [0.15, 0.2) is 0 Å². The maximum absolute atomic E-state index is 8.60. The molecule has 0 unspecified atom stereocenters. The van der Waals surface area contributed by atoms with Gasteiger partial charge in [0.15, 0.2) is 0 Å². The lowest BCUT2D eigenvalue weighted by atomic mass is 10.4. The first kappa shape index (κ1) is 14.6. The molecular weight excluding hydrogens is 184 g/mol. The molecule has 0 amide bonds. The van der Waals surface area contributed by atoms with Gasteiger partial charge in [0.1, 0.15) is 19.6 Å². The number of nitrogens with zero attached hydrogens (tertiary/aromatic N) is 1. The fourth-order valence-corrected chi connectivity index (χ4v) is 0.933. The highest BCUT2D eigenvalue weighted by Crippen LogP contribution is 1.94. The first-order valence-corrected chi connectivity index (χ1v) is 3.66. The normalized spacial score (nSPS) is 11.0. The summed E-state index contributed by atoms with van der Waals surface area (Å²) in [7, 11) is 0. The number of hydrogen-bond acceptors (Lipinski definition) is 4. The molecule has 6 heteroatoms. The van der Waals surface area contributed by atoms with Crippen LogP contribution in [0.2, 0.25) is 0 Å². The third kappa shape index (κ3) is 5.70. The molecule has 0 aliphatic carbocycles. The summed E-state index contributed by atoms with van der Waals surface area (Å²) in [5.41, 5.74) is 0. The average Bonchev–Trinajstić information content (AvgIpc) is 1.88. The molecule has 12 heavy (non-hydrogen) atoms. The molecule has 0 spiro atoms. The maximum Gasteiger partial charge on any atom is 0.120 e. The minimum absolute atomic E-state index is 0. The lowest BCUT2D eigenvalue weighted by Gasteiger charge is -2.30. The van der Waals surface area contributed by atoms with Gasteiger partial charge in [-0.15, -0.1) is 0 Å². The van der Waals surface area contributed by atoms with E-state index in [4.69, 9.17) is 21.2 Å². The standard InChI is InChI=1S/C6H17N2O3.ClH/c7-8(1-4-9,2-5-10)3-6-11;/h9-11H,1-7H2;1H/q+1;/p-1. The molecule has 0 heterocycles. The highest BCUT2D eigenvalue weighted by molar-refractivity contribution is 4.35. The molecule has 0 aromatic carbocycles. The van der Waals surface area contributed by atoms with E-state index in [9.17, 15) is 0 Å². The molecule has 0 aliphatic heterocycles. The Balaban J connectivity index is 0. The smallest absolute Gasteiger partial charge is 0.120 e. The van der Waals surface area contributed by atoms with Crippen LogP contribution in [0.3, 0.4) is 0 Å². The predicted molar refractivity (Wildman–Crippen MR) is 40.3 cm³/mol. The highest BCUT2D eigenvalue weighted by atomic mass is 35.5. The summed E-state index contributed by atoms with van der Waals surface area (Å²) in [6.07, 6.45) is 0. The molecule has 76 valence electrons. The maximum atomic E-state index is 8.60. The van der Waals surface area contributed by atoms with E-state index >= 15 is 0 Å². The van der Waals surface area contributed by atoms with Crippen molar-refractivity contribution in [3.05, 3.63) is 0 Å². The minimum atomic E-state index is -0.0312. The summed E-state index contributed by atoms with van der Waals surface area (Å²) in [4.78, 5) is 0.